The lowest BCUT2D eigenvalue weighted by molar-refractivity contribution is -0.137. The van der Waals surface area contributed by atoms with Gasteiger partial charge < -0.3 is 20.9 Å². The van der Waals surface area contributed by atoms with E-state index in [1.807, 2.05) is 6.92 Å². The van der Waals surface area contributed by atoms with Crippen molar-refractivity contribution in [3.05, 3.63) is 39.9 Å². The Hall–Kier alpha value is -2.75. The first kappa shape index (κ1) is 18.6. The van der Waals surface area contributed by atoms with E-state index in [0.717, 1.165) is 12.1 Å². The van der Waals surface area contributed by atoms with Gasteiger partial charge in [0.1, 0.15) is 29.2 Å². The van der Waals surface area contributed by atoms with Gasteiger partial charge in [0.25, 0.3) is 0 Å². The van der Waals surface area contributed by atoms with Gasteiger partial charge in [0.15, 0.2) is 0 Å². The number of halogens is 4. The third-order valence-electron chi connectivity index (χ3n) is 4.29. The molecule has 2 heterocycles. The van der Waals surface area contributed by atoms with Crippen molar-refractivity contribution in [2.24, 2.45) is 0 Å². The Morgan fingerprint density at radius 2 is 1.93 bits per heavy atom. The number of rotatable bonds is 2. The van der Waals surface area contributed by atoms with E-state index in [1.54, 1.807) is 6.07 Å². The molecule has 0 aliphatic carbocycles. The number of nitrogen functional groups attached to an aromatic ring is 2. The highest BCUT2D eigenvalue weighted by Crippen LogP contribution is 2.45. The van der Waals surface area contributed by atoms with E-state index in [2.05, 4.69) is 25.9 Å². The maximum absolute atomic E-state index is 13.1. The summed E-state index contributed by atoms with van der Waals surface area (Å²) in [6.07, 6.45) is -4.15. The summed E-state index contributed by atoms with van der Waals surface area (Å²) in [5, 5.41) is 0.506. The SMILES string of the molecule is CC1Cc2c(Oc3cc(Br)cc(C(F)(F)F)c3)cc3nc(N)nc(N)c3c2O1. The fraction of sp³-hybridized carbons (Fsp3) is 0.222. The smallest absolute Gasteiger partial charge is 0.416 e. The van der Waals surface area contributed by atoms with Crippen molar-refractivity contribution in [1.82, 2.24) is 9.97 Å². The number of aromatic nitrogens is 2. The Labute approximate surface area is 165 Å². The molecular formula is C18H14BrF3N4O2. The van der Waals surface area contributed by atoms with Gasteiger partial charge in [0, 0.05) is 22.5 Å². The third-order valence-corrected chi connectivity index (χ3v) is 4.74. The summed E-state index contributed by atoms with van der Waals surface area (Å²) >= 11 is 3.09. The van der Waals surface area contributed by atoms with Crippen molar-refractivity contribution in [2.75, 3.05) is 11.5 Å². The fourth-order valence-corrected chi connectivity index (χ4v) is 3.66. The van der Waals surface area contributed by atoms with Gasteiger partial charge in [-0.05, 0) is 25.1 Å². The fourth-order valence-electron chi connectivity index (χ4n) is 3.18. The molecule has 1 unspecified atom stereocenters. The molecule has 1 atom stereocenters. The van der Waals surface area contributed by atoms with Crippen LogP contribution >= 0.6 is 15.9 Å². The Kier molecular flexibility index (Phi) is 4.25. The van der Waals surface area contributed by atoms with Crippen LogP contribution in [-0.4, -0.2) is 16.1 Å². The van der Waals surface area contributed by atoms with Gasteiger partial charge in [-0.2, -0.15) is 18.2 Å². The van der Waals surface area contributed by atoms with Gasteiger partial charge in [-0.25, -0.2) is 4.98 Å². The third kappa shape index (κ3) is 3.28. The molecule has 4 rings (SSSR count). The van der Waals surface area contributed by atoms with Crippen LogP contribution in [0.4, 0.5) is 24.9 Å². The summed E-state index contributed by atoms with van der Waals surface area (Å²) in [5.41, 5.74) is 11.9. The minimum atomic E-state index is -4.50. The Balaban J connectivity index is 1.87. The molecule has 3 aromatic rings. The summed E-state index contributed by atoms with van der Waals surface area (Å²) in [6, 6.07) is 4.95. The van der Waals surface area contributed by atoms with E-state index < -0.39 is 11.7 Å². The average Bonchev–Trinajstić information content (AvgIpc) is 2.94. The highest BCUT2D eigenvalue weighted by atomic mass is 79.9. The largest absolute Gasteiger partial charge is 0.489 e. The molecule has 0 fully saturated rings. The van der Waals surface area contributed by atoms with Crippen molar-refractivity contribution >= 4 is 38.6 Å². The number of hydrogen-bond acceptors (Lipinski definition) is 6. The summed E-state index contributed by atoms with van der Waals surface area (Å²) in [6.45, 7) is 1.87. The van der Waals surface area contributed by atoms with Crippen LogP contribution in [0.15, 0.2) is 28.7 Å². The van der Waals surface area contributed by atoms with Gasteiger partial charge in [-0.3, -0.25) is 0 Å². The minimum absolute atomic E-state index is 0.0243. The maximum Gasteiger partial charge on any atom is 0.416 e. The zero-order valence-electron chi connectivity index (χ0n) is 14.5. The van der Waals surface area contributed by atoms with Crippen molar-refractivity contribution < 1.29 is 22.6 Å². The number of nitrogens with zero attached hydrogens (tertiary/aromatic N) is 2. The molecule has 1 aromatic heterocycles. The van der Waals surface area contributed by atoms with Crippen LogP contribution in [0.3, 0.4) is 0 Å². The van der Waals surface area contributed by atoms with Crippen LogP contribution in [0.2, 0.25) is 0 Å². The van der Waals surface area contributed by atoms with Crippen LogP contribution in [0, 0.1) is 0 Å². The average molecular weight is 455 g/mol. The van der Waals surface area contributed by atoms with Crippen molar-refractivity contribution in [3.63, 3.8) is 0 Å². The highest BCUT2D eigenvalue weighted by molar-refractivity contribution is 9.10. The number of fused-ring (bicyclic) bond motifs is 3. The number of benzene rings is 2. The molecule has 4 N–H and O–H groups in total. The molecule has 0 saturated heterocycles. The molecule has 0 bridgehead atoms. The van der Waals surface area contributed by atoms with Crippen LogP contribution in [-0.2, 0) is 12.6 Å². The summed E-state index contributed by atoms with van der Waals surface area (Å²) in [5.74, 6) is 0.960. The van der Waals surface area contributed by atoms with E-state index in [9.17, 15) is 13.2 Å². The van der Waals surface area contributed by atoms with E-state index in [1.165, 1.54) is 6.07 Å². The summed E-state index contributed by atoms with van der Waals surface area (Å²) in [4.78, 5) is 8.11. The number of anilines is 2. The molecule has 6 nitrogen and oxygen atoms in total. The van der Waals surface area contributed by atoms with Crippen LogP contribution in [0.1, 0.15) is 18.1 Å². The molecule has 2 aromatic carbocycles. The monoisotopic (exact) mass is 454 g/mol. The van der Waals surface area contributed by atoms with Crippen LogP contribution < -0.4 is 20.9 Å². The standard InChI is InChI=1S/C18H14BrF3N4O2/c1-7-2-11-13(28-10-4-8(18(20,21)22)3-9(19)5-10)6-12-14(15(11)27-7)16(23)26-17(24)25-12/h3-7H,2H2,1H3,(H4,23,24,25,26). The molecule has 10 heteroatoms. The first-order chi connectivity index (χ1) is 13.1. The Bertz CT molecular complexity index is 1100. The second-order valence-electron chi connectivity index (χ2n) is 6.45. The van der Waals surface area contributed by atoms with E-state index in [0.29, 0.717) is 34.4 Å². The van der Waals surface area contributed by atoms with Gasteiger partial charge in [0.2, 0.25) is 5.95 Å². The topological polar surface area (TPSA) is 96.3 Å². The molecular weight excluding hydrogens is 441 g/mol. The summed E-state index contributed by atoms with van der Waals surface area (Å²) in [7, 11) is 0. The van der Waals surface area contributed by atoms with Gasteiger partial charge in [0.05, 0.1) is 16.5 Å². The van der Waals surface area contributed by atoms with Crippen molar-refractivity contribution in [1.29, 1.82) is 0 Å². The second-order valence-corrected chi connectivity index (χ2v) is 7.37. The zero-order valence-corrected chi connectivity index (χ0v) is 16.1. The molecule has 0 saturated carbocycles. The van der Waals surface area contributed by atoms with Gasteiger partial charge in [-0.1, -0.05) is 15.9 Å². The molecule has 28 heavy (non-hydrogen) atoms. The lowest BCUT2D eigenvalue weighted by Gasteiger charge is -2.15. The van der Waals surface area contributed by atoms with E-state index in [-0.39, 0.29) is 28.1 Å². The maximum atomic E-state index is 13.1. The number of nitrogens with two attached hydrogens (primary N) is 2. The lowest BCUT2D eigenvalue weighted by Crippen LogP contribution is -2.06. The lowest BCUT2D eigenvalue weighted by atomic mass is 10.1. The quantitative estimate of drug-likeness (QED) is 0.582. The molecule has 1 aliphatic rings. The predicted molar refractivity (Wildman–Crippen MR) is 101 cm³/mol. The first-order valence-electron chi connectivity index (χ1n) is 8.22. The molecule has 0 amide bonds. The van der Waals surface area contributed by atoms with Gasteiger partial charge >= 0.3 is 6.18 Å². The molecule has 1 aliphatic heterocycles. The Morgan fingerprint density at radius 1 is 1.18 bits per heavy atom. The Morgan fingerprint density at radius 3 is 2.64 bits per heavy atom. The first-order valence-corrected chi connectivity index (χ1v) is 9.02. The molecule has 146 valence electrons. The van der Waals surface area contributed by atoms with E-state index in [4.69, 9.17) is 20.9 Å². The van der Waals surface area contributed by atoms with Crippen molar-refractivity contribution in [3.8, 4) is 17.2 Å². The van der Waals surface area contributed by atoms with Crippen LogP contribution in [0.5, 0.6) is 17.2 Å². The second kappa shape index (κ2) is 6.40. The zero-order chi connectivity index (χ0) is 20.2. The van der Waals surface area contributed by atoms with E-state index >= 15 is 0 Å². The van der Waals surface area contributed by atoms with Crippen LogP contribution in [0.25, 0.3) is 10.9 Å². The normalized spacial score (nSPS) is 16.1. The summed E-state index contributed by atoms with van der Waals surface area (Å²) < 4.78 is 51.3. The van der Waals surface area contributed by atoms with Gasteiger partial charge in [-0.15, -0.1) is 0 Å². The number of alkyl halides is 3. The van der Waals surface area contributed by atoms with Crippen molar-refractivity contribution in [2.45, 2.75) is 25.6 Å². The molecule has 0 spiro atoms. The number of hydrogen-bond donors (Lipinski definition) is 2. The molecule has 0 radical (unpaired) electrons. The number of ether oxygens (including phenoxy) is 2. The predicted octanol–water partition coefficient (Wildman–Crippen LogP) is 4.69. The highest BCUT2D eigenvalue weighted by Gasteiger charge is 2.32. The minimum Gasteiger partial charge on any atom is -0.489 e.